The first-order valence-electron chi connectivity index (χ1n) is 9.10. The van der Waals surface area contributed by atoms with Gasteiger partial charge in [-0.3, -0.25) is 14.4 Å². The lowest BCUT2D eigenvalue weighted by molar-refractivity contribution is -0.174. The fourth-order valence-corrected chi connectivity index (χ4v) is 4.29. The zero-order valence-corrected chi connectivity index (χ0v) is 16.0. The van der Waals surface area contributed by atoms with Crippen LogP contribution in [0.2, 0.25) is 0 Å². The Hall–Kier alpha value is -1.55. The first-order valence-corrected chi connectivity index (χ1v) is 9.10. The molecule has 0 saturated heterocycles. The number of aliphatic hydroxyl groups excluding tert-OH is 1. The predicted molar refractivity (Wildman–Crippen MR) is 97.0 cm³/mol. The molecule has 0 aromatic rings. The van der Waals surface area contributed by atoms with Crippen LogP contribution in [0.5, 0.6) is 0 Å². The lowest BCUT2D eigenvalue weighted by Crippen LogP contribution is -2.64. The molecule has 4 heteroatoms. The molecular formula is C21H30O4. The number of hydrogen-bond acceptors (Lipinski definition) is 4. The van der Waals surface area contributed by atoms with Crippen molar-refractivity contribution in [2.75, 3.05) is 0 Å². The zero-order chi connectivity index (χ0) is 19.0. The van der Waals surface area contributed by atoms with Crippen LogP contribution < -0.4 is 0 Å². The normalized spacial score (nSPS) is 34.7. The van der Waals surface area contributed by atoms with Gasteiger partial charge in [-0.25, -0.2) is 0 Å². The minimum atomic E-state index is -1.22. The summed E-state index contributed by atoms with van der Waals surface area (Å²) in [5.74, 6) is -1.77. The Labute approximate surface area is 150 Å². The van der Waals surface area contributed by atoms with Gasteiger partial charge in [0.25, 0.3) is 0 Å². The summed E-state index contributed by atoms with van der Waals surface area (Å²) < 4.78 is 0. The highest BCUT2D eigenvalue weighted by Crippen LogP contribution is 2.54. The third-order valence-corrected chi connectivity index (χ3v) is 5.98. The Balaban J connectivity index is 2.41. The second kappa shape index (κ2) is 6.99. The van der Waals surface area contributed by atoms with E-state index in [9.17, 15) is 19.5 Å². The number of carbonyl (C=O) groups excluding carboxylic acids is 3. The first kappa shape index (κ1) is 19.8. The van der Waals surface area contributed by atoms with Crippen molar-refractivity contribution in [3.05, 3.63) is 23.3 Å². The number of rotatable bonds is 5. The number of allylic oxidation sites excluding steroid dienone is 4. The Morgan fingerprint density at radius 2 is 1.72 bits per heavy atom. The molecule has 0 aromatic carbocycles. The number of fused-ring (bicyclic) bond motifs is 2. The third-order valence-electron chi connectivity index (χ3n) is 5.98. The maximum Gasteiger partial charge on any atom is 0.157 e. The molecule has 0 aliphatic heterocycles. The summed E-state index contributed by atoms with van der Waals surface area (Å²) in [6.45, 7) is 9.66. The molecule has 4 nitrogen and oxygen atoms in total. The van der Waals surface area contributed by atoms with E-state index in [1.807, 2.05) is 40.7 Å². The van der Waals surface area contributed by atoms with Gasteiger partial charge >= 0.3 is 0 Å². The van der Waals surface area contributed by atoms with Gasteiger partial charge < -0.3 is 5.11 Å². The molecule has 2 aliphatic carbocycles. The molecule has 0 amide bonds. The second-order valence-corrected chi connectivity index (χ2v) is 8.48. The van der Waals surface area contributed by atoms with Crippen LogP contribution >= 0.6 is 0 Å². The lowest BCUT2D eigenvalue weighted by atomic mass is 9.48. The monoisotopic (exact) mass is 346 g/mol. The Morgan fingerprint density at radius 3 is 2.28 bits per heavy atom. The first-order chi connectivity index (χ1) is 11.5. The molecule has 2 bridgehead atoms. The van der Waals surface area contributed by atoms with Crippen LogP contribution in [0.4, 0.5) is 0 Å². The number of ketones is 3. The summed E-state index contributed by atoms with van der Waals surface area (Å²) in [6.07, 6.45) is 4.61. The van der Waals surface area contributed by atoms with E-state index in [1.54, 1.807) is 0 Å². The highest BCUT2D eigenvalue weighted by Gasteiger charge is 2.65. The second-order valence-electron chi connectivity index (χ2n) is 8.48. The molecule has 0 spiro atoms. The highest BCUT2D eigenvalue weighted by atomic mass is 16.3. The van der Waals surface area contributed by atoms with Gasteiger partial charge in [0.1, 0.15) is 0 Å². The van der Waals surface area contributed by atoms with E-state index < -0.39 is 22.9 Å². The maximum absolute atomic E-state index is 13.2. The van der Waals surface area contributed by atoms with Crippen molar-refractivity contribution in [3.63, 3.8) is 0 Å². The zero-order valence-electron chi connectivity index (χ0n) is 16.0. The number of carbonyl (C=O) groups is 3. The summed E-state index contributed by atoms with van der Waals surface area (Å²) in [7, 11) is 0. The molecule has 25 heavy (non-hydrogen) atoms. The van der Waals surface area contributed by atoms with E-state index in [4.69, 9.17) is 0 Å². The van der Waals surface area contributed by atoms with E-state index >= 15 is 0 Å². The number of aliphatic hydroxyl groups is 1. The Morgan fingerprint density at radius 1 is 1.12 bits per heavy atom. The molecule has 2 fully saturated rings. The van der Waals surface area contributed by atoms with Gasteiger partial charge in [-0.15, -0.1) is 0 Å². The molecule has 0 heterocycles. The van der Waals surface area contributed by atoms with E-state index in [-0.39, 0.29) is 36.6 Å². The van der Waals surface area contributed by atoms with Crippen LogP contribution in [0.3, 0.4) is 0 Å². The quantitative estimate of drug-likeness (QED) is 0.610. The molecule has 4 unspecified atom stereocenters. The Kier molecular flexibility index (Phi) is 5.53. The van der Waals surface area contributed by atoms with Crippen molar-refractivity contribution < 1.29 is 19.5 Å². The third kappa shape index (κ3) is 3.41. The average molecular weight is 346 g/mol. The molecule has 138 valence electrons. The van der Waals surface area contributed by atoms with Gasteiger partial charge in [0, 0.05) is 5.41 Å². The summed E-state index contributed by atoms with van der Waals surface area (Å²) in [4.78, 5) is 38.4. The number of hydrogen-bond donors (Lipinski definition) is 1. The van der Waals surface area contributed by atoms with Crippen LogP contribution in [-0.2, 0) is 14.4 Å². The van der Waals surface area contributed by atoms with Crippen LogP contribution in [0.15, 0.2) is 23.3 Å². The van der Waals surface area contributed by atoms with Crippen LogP contribution in [-0.4, -0.2) is 28.6 Å². The van der Waals surface area contributed by atoms with E-state index in [0.29, 0.717) is 12.8 Å². The van der Waals surface area contributed by atoms with Crippen molar-refractivity contribution in [1.82, 2.24) is 0 Å². The molecule has 0 aromatic heterocycles. The molecule has 2 saturated carbocycles. The molecule has 0 radical (unpaired) electrons. The van der Waals surface area contributed by atoms with Crippen molar-refractivity contribution in [2.45, 2.75) is 72.8 Å². The van der Waals surface area contributed by atoms with E-state index in [0.717, 1.165) is 5.57 Å². The maximum atomic E-state index is 13.2. The Bertz CT molecular complexity index is 649. The average Bonchev–Trinajstić information content (AvgIpc) is 2.48. The minimum absolute atomic E-state index is 0.129. The van der Waals surface area contributed by atoms with Crippen molar-refractivity contribution >= 4 is 17.3 Å². The summed E-state index contributed by atoms with van der Waals surface area (Å²) in [5.41, 5.74) is 0.179. The van der Waals surface area contributed by atoms with Gasteiger partial charge in [0.05, 0.1) is 23.9 Å². The van der Waals surface area contributed by atoms with Crippen LogP contribution in [0.1, 0.15) is 66.7 Å². The highest BCUT2D eigenvalue weighted by molar-refractivity contribution is 6.25. The molecule has 4 atom stereocenters. The molecule has 2 rings (SSSR count). The number of Topliss-reactive ketones (excluding diaryl/α,β-unsaturated/α-hetero) is 3. The summed E-state index contributed by atoms with van der Waals surface area (Å²) in [6, 6.07) is 0. The fraction of sp³-hybridized carbons (Fsp3) is 0.667. The van der Waals surface area contributed by atoms with Gasteiger partial charge in [-0.05, 0) is 53.4 Å². The van der Waals surface area contributed by atoms with E-state index in [2.05, 4.69) is 6.08 Å². The molecule has 1 N–H and O–H groups in total. The van der Waals surface area contributed by atoms with Gasteiger partial charge in [0.15, 0.2) is 17.3 Å². The standard InChI is InChI=1S/C21H30O4/c1-13(2)7-6-9-20(5)17(24)12-21(10-8-14(3)4)16(23)11-15(22)18(20)19(21)25/h7-8,17-18,24H,6,9-12H2,1-5H3. The van der Waals surface area contributed by atoms with Crippen molar-refractivity contribution in [2.24, 2.45) is 16.7 Å². The molecule has 2 aliphatic rings. The summed E-state index contributed by atoms with van der Waals surface area (Å²) >= 11 is 0. The van der Waals surface area contributed by atoms with Crippen molar-refractivity contribution in [3.8, 4) is 0 Å². The topological polar surface area (TPSA) is 71.4 Å². The molecular weight excluding hydrogens is 316 g/mol. The largest absolute Gasteiger partial charge is 0.392 e. The van der Waals surface area contributed by atoms with Crippen LogP contribution in [0, 0.1) is 16.7 Å². The van der Waals surface area contributed by atoms with Crippen molar-refractivity contribution in [1.29, 1.82) is 0 Å². The predicted octanol–water partition coefficient (Wildman–Crippen LogP) is 3.57. The smallest absolute Gasteiger partial charge is 0.157 e. The summed E-state index contributed by atoms with van der Waals surface area (Å²) in [5, 5.41) is 10.9. The minimum Gasteiger partial charge on any atom is -0.392 e. The fourth-order valence-electron chi connectivity index (χ4n) is 4.29. The van der Waals surface area contributed by atoms with Gasteiger partial charge in [0.2, 0.25) is 0 Å². The van der Waals surface area contributed by atoms with E-state index in [1.165, 1.54) is 5.57 Å². The van der Waals surface area contributed by atoms with Gasteiger partial charge in [-0.2, -0.15) is 0 Å². The van der Waals surface area contributed by atoms with Gasteiger partial charge in [-0.1, -0.05) is 30.2 Å². The van der Waals surface area contributed by atoms with Crippen LogP contribution in [0.25, 0.3) is 0 Å². The SMILES string of the molecule is CC(C)=CCCC1(C)C(O)CC2(CC=C(C)C)C(=O)CC(=O)C1C2=O. The lowest BCUT2D eigenvalue weighted by Gasteiger charge is -2.53.